The van der Waals surface area contributed by atoms with Gasteiger partial charge in [0.25, 0.3) is 0 Å². The van der Waals surface area contributed by atoms with E-state index in [4.69, 9.17) is 4.74 Å². The van der Waals surface area contributed by atoms with Gasteiger partial charge >= 0.3 is 0 Å². The molecule has 2 aromatic rings. The van der Waals surface area contributed by atoms with Crippen LogP contribution in [0.15, 0.2) is 35.2 Å². The number of hydrogen-bond donors (Lipinski definition) is 3. The largest absolute Gasteiger partial charge is 0.494 e. The van der Waals surface area contributed by atoms with E-state index >= 15 is 0 Å². The van der Waals surface area contributed by atoms with Crippen molar-refractivity contribution in [3.63, 3.8) is 0 Å². The van der Waals surface area contributed by atoms with Crippen LogP contribution in [0.2, 0.25) is 0 Å². The highest BCUT2D eigenvalue weighted by molar-refractivity contribution is 7.89. The molecule has 9 heteroatoms. The minimum absolute atomic E-state index is 0.202. The van der Waals surface area contributed by atoms with Crippen molar-refractivity contribution in [2.24, 2.45) is 0 Å². The molecule has 8 nitrogen and oxygen atoms in total. The number of anilines is 2. The molecule has 0 fully saturated rings. The van der Waals surface area contributed by atoms with E-state index in [0.29, 0.717) is 30.7 Å². The summed E-state index contributed by atoms with van der Waals surface area (Å²) in [6.45, 7) is 7.61. The maximum atomic E-state index is 12.3. The first kappa shape index (κ1) is 19.9. The Morgan fingerprint density at radius 2 is 1.77 bits per heavy atom. The van der Waals surface area contributed by atoms with E-state index in [1.54, 1.807) is 12.1 Å². The monoisotopic (exact) mass is 379 g/mol. The van der Waals surface area contributed by atoms with E-state index in [1.807, 2.05) is 26.8 Å². The molecule has 0 spiro atoms. The molecule has 0 saturated carbocycles. The van der Waals surface area contributed by atoms with E-state index < -0.39 is 10.0 Å². The predicted octanol–water partition coefficient (Wildman–Crippen LogP) is 2.01. The zero-order chi connectivity index (χ0) is 19.0. The van der Waals surface area contributed by atoms with Gasteiger partial charge in [0, 0.05) is 31.4 Å². The Balaban J connectivity index is 1.88. The zero-order valence-electron chi connectivity index (χ0n) is 15.2. The highest BCUT2D eigenvalue weighted by Gasteiger charge is 2.13. The van der Waals surface area contributed by atoms with Crippen LogP contribution < -0.4 is 20.1 Å². The molecule has 1 aromatic heterocycles. The maximum Gasteiger partial charge on any atom is 0.240 e. The van der Waals surface area contributed by atoms with Crippen molar-refractivity contribution in [1.82, 2.24) is 14.7 Å². The van der Waals surface area contributed by atoms with Gasteiger partial charge in [0.1, 0.15) is 11.6 Å². The summed E-state index contributed by atoms with van der Waals surface area (Å²) < 4.78 is 32.5. The number of hydrogen-bond acceptors (Lipinski definition) is 7. The Morgan fingerprint density at radius 3 is 2.42 bits per heavy atom. The van der Waals surface area contributed by atoms with Crippen molar-refractivity contribution in [3.8, 4) is 5.75 Å². The fourth-order valence-electron chi connectivity index (χ4n) is 2.24. The molecule has 0 aliphatic rings. The van der Waals surface area contributed by atoms with E-state index in [0.717, 1.165) is 12.2 Å². The molecular weight excluding hydrogens is 354 g/mol. The predicted molar refractivity (Wildman–Crippen MR) is 102 cm³/mol. The van der Waals surface area contributed by atoms with Crippen molar-refractivity contribution < 1.29 is 13.2 Å². The van der Waals surface area contributed by atoms with Gasteiger partial charge in [-0.2, -0.15) is 4.98 Å². The van der Waals surface area contributed by atoms with Crippen molar-refractivity contribution in [1.29, 1.82) is 0 Å². The van der Waals surface area contributed by atoms with Gasteiger partial charge in [0.15, 0.2) is 0 Å². The summed E-state index contributed by atoms with van der Waals surface area (Å²) in [5.41, 5.74) is 0.827. The third-order valence-electron chi connectivity index (χ3n) is 3.36. The third-order valence-corrected chi connectivity index (χ3v) is 4.83. The Morgan fingerprint density at radius 1 is 1.04 bits per heavy atom. The third kappa shape index (κ3) is 5.85. The molecule has 2 rings (SSSR count). The number of sulfonamides is 1. The lowest BCUT2D eigenvalue weighted by Crippen LogP contribution is -2.29. The molecule has 1 heterocycles. The van der Waals surface area contributed by atoms with Crippen LogP contribution >= 0.6 is 0 Å². The second-order valence-corrected chi connectivity index (χ2v) is 7.24. The topological polar surface area (TPSA) is 105 Å². The molecule has 0 aliphatic heterocycles. The molecule has 3 N–H and O–H groups in total. The summed E-state index contributed by atoms with van der Waals surface area (Å²) in [7, 11) is -3.56. The van der Waals surface area contributed by atoms with E-state index in [-0.39, 0.29) is 11.4 Å². The fraction of sp³-hybridized carbons (Fsp3) is 0.412. The van der Waals surface area contributed by atoms with Crippen molar-refractivity contribution in [2.45, 2.75) is 25.7 Å². The van der Waals surface area contributed by atoms with Gasteiger partial charge in [-0.3, -0.25) is 0 Å². The Bertz CT molecular complexity index is 810. The number of nitrogens with one attached hydrogen (secondary N) is 3. The average molecular weight is 379 g/mol. The molecule has 0 radical (unpaired) electrons. The quantitative estimate of drug-likeness (QED) is 0.542. The van der Waals surface area contributed by atoms with Crippen molar-refractivity contribution in [3.05, 3.63) is 36.0 Å². The molecule has 0 aliphatic carbocycles. The highest BCUT2D eigenvalue weighted by Crippen LogP contribution is 2.15. The van der Waals surface area contributed by atoms with Crippen molar-refractivity contribution in [2.75, 3.05) is 36.9 Å². The maximum absolute atomic E-state index is 12.3. The van der Waals surface area contributed by atoms with Gasteiger partial charge in [-0.25, -0.2) is 18.1 Å². The molecule has 0 bridgehead atoms. The van der Waals surface area contributed by atoms with Gasteiger partial charge in [0.2, 0.25) is 16.0 Å². The number of rotatable bonds is 10. The molecular formula is C17H25N5O3S. The molecule has 0 unspecified atom stereocenters. The summed E-state index contributed by atoms with van der Waals surface area (Å²) in [6.07, 6.45) is 0. The van der Waals surface area contributed by atoms with Gasteiger partial charge < -0.3 is 15.4 Å². The molecule has 26 heavy (non-hydrogen) atoms. The number of benzene rings is 1. The zero-order valence-corrected chi connectivity index (χ0v) is 16.1. The van der Waals surface area contributed by atoms with E-state index in [2.05, 4.69) is 25.3 Å². The van der Waals surface area contributed by atoms with Crippen LogP contribution in [-0.2, 0) is 10.0 Å². The lowest BCUT2D eigenvalue weighted by atomic mass is 10.3. The standard InChI is InChI=1S/C17H25N5O3S/c1-4-18-17-21-13(3)12-16(22-17)19-10-11-20-26(23,24)15-8-6-14(7-9-15)25-5-2/h6-9,12,20H,4-5,10-11H2,1-3H3,(H2,18,19,21,22). The minimum atomic E-state index is -3.56. The second kappa shape index (κ2) is 9.35. The number of nitrogens with zero attached hydrogens (tertiary/aromatic N) is 2. The molecule has 0 amide bonds. The smallest absolute Gasteiger partial charge is 0.240 e. The van der Waals surface area contributed by atoms with Crippen LogP contribution in [0, 0.1) is 6.92 Å². The molecule has 0 saturated heterocycles. The first-order chi connectivity index (χ1) is 12.4. The van der Waals surface area contributed by atoms with Crippen LogP contribution in [0.25, 0.3) is 0 Å². The SMILES string of the molecule is CCNc1nc(C)cc(NCCNS(=O)(=O)c2ccc(OCC)cc2)n1. The molecule has 1 aromatic carbocycles. The minimum Gasteiger partial charge on any atom is -0.494 e. The lowest BCUT2D eigenvalue weighted by Gasteiger charge is -2.10. The van der Waals surface area contributed by atoms with Gasteiger partial charge in [-0.1, -0.05) is 0 Å². The normalized spacial score (nSPS) is 11.2. The van der Waals surface area contributed by atoms with Crippen LogP contribution in [0.5, 0.6) is 5.75 Å². The molecule has 142 valence electrons. The fourth-order valence-corrected chi connectivity index (χ4v) is 3.27. The van der Waals surface area contributed by atoms with E-state index in [1.165, 1.54) is 12.1 Å². The summed E-state index contributed by atoms with van der Waals surface area (Å²) in [6, 6.07) is 8.14. The molecule has 0 atom stereocenters. The van der Waals surface area contributed by atoms with Crippen molar-refractivity contribution >= 4 is 21.8 Å². The first-order valence-corrected chi connectivity index (χ1v) is 9.99. The summed E-state index contributed by atoms with van der Waals surface area (Å²) in [5, 5.41) is 6.15. The summed E-state index contributed by atoms with van der Waals surface area (Å²) in [4.78, 5) is 8.79. The number of ether oxygens (including phenoxy) is 1. The van der Waals surface area contributed by atoms with Gasteiger partial charge in [-0.15, -0.1) is 0 Å². The van der Waals surface area contributed by atoms with Crippen LogP contribution in [0.4, 0.5) is 11.8 Å². The van der Waals surface area contributed by atoms with Crippen LogP contribution in [0.3, 0.4) is 0 Å². The highest BCUT2D eigenvalue weighted by atomic mass is 32.2. The summed E-state index contributed by atoms with van der Waals surface area (Å²) in [5.74, 6) is 1.84. The number of aryl methyl sites for hydroxylation is 1. The van der Waals surface area contributed by atoms with E-state index in [9.17, 15) is 8.42 Å². The van der Waals surface area contributed by atoms with Crippen LogP contribution in [0.1, 0.15) is 19.5 Å². The second-order valence-electron chi connectivity index (χ2n) is 5.48. The number of aromatic nitrogens is 2. The summed E-state index contributed by atoms with van der Waals surface area (Å²) >= 11 is 0. The van der Waals surface area contributed by atoms with Gasteiger partial charge in [-0.05, 0) is 45.0 Å². The Kier molecular flexibility index (Phi) is 7.16. The van der Waals surface area contributed by atoms with Gasteiger partial charge in [0.05, 0.1) is 11.5 Å². The Hall–Kier alpha value is -2.39. The average Bonchev–Trinajstić information content (AvgIpc) is 2.59. The Labute approximate surface area is 154 Å². The first-order valence-electron chi connectivity index (χ1n) is 8.50. The lowest BCUT2D eigenvalue weighted by molar-refractivity contribution is 0.340. The van der Waals surface area contributed by atoms with Crippen LogP contribution in [-0.4, -0.2) is 44.6 Å².